The van der Waals surface area contributed by atoms with E-state index in [0.717, 1.165) is 53.1 Å². The monoisotopic (exact) mass is 477 g/mol. The van der Waals surface area contributed by atoms with Crippen molar-refractivity contribution in [2.75, 3.05) is 25.0 Å². The maximum atomic E-state index is 13.3. The summed E-state index contributed by atoms with van der Waals surface area (Å²) in [6, 6.07) is 11.5. The quantitative estimate of drug-likeness (QED) is 0.317. The number of halogens is 1. The Hall–Kier alpha value is -2.77. The number of piperidine rings is 1. The first-order chi connectivity index (χ1) is 16.4. The number of rotatable bonds is 6. The highest BCUT2D eigenvalue weighted by Gasteiger charge is 2.24. The van der Waals surface area contributed by atoms with Crippen LogP contribution in [0.25, 0.3) is 16.9 Å². The Kier molecular flexibility index (Phi) is 6.40. The van der Waals surface area contributed by atoms with Crippen LogP contribution in [-0.2, 0) is 6.42 Å². The van der Waals surface area contributed by atoms with E-state index in [1.165, 1.54) is 30.5 Å². The van der Waals surface area contributed by atoms with Gasteiger partial charge in [-0.25, -0.2) is 14.4 Å². The summed E-state index contributed by atoms with van der Waals surface area (Å²) in [5, 5.41) is 2.92. The van der Waals surface area contributed by atoms with Crippen LogP contribution in [0.3, 0.4) is 0 Å². The molecule has 1 fully saturated rings. The minimum atomic E-state index is -0.236. The summed E-state index contributed by atoms with van der Waals surface area (Å²) in [7, 11) is 2.06. The Labute approximate surface area is 204 Å². The first-order valence-corrected chi connectivity index (χ1v) is 13.0. The summed E-state index contributed by atoms with van der Waals surface area (Å²) in [6.07, 6.45) is 5.52. The first-order valence-electron chi connectivity index (χ1n) is 12.1. The standard InChI is InChI=1S/C27H32FN5S/c1-5-23-26(31(4)27-30-24(17-34-27)20-6-9-22(28)10-7-20)33-16-21(8-11-25(33)29-23)19-12-14-32(15-13-19)18(2)3/h6-11,16-19H,5,12-15H2,1-4H3. The minimum Gasteiger partial charge on any atom is -0.305 e. The molecule has 1 saturated heterocycles. The van der Waals surface area contributed by atoms with Gasteiger partial charge in [0.05, 0.1) is 11.4 Å². The molecule has 0 N–H and O–H groups in total. The van der Waals surface area contributed by atoms with E-state index in [0.29, 0.717) is 12.0 Å². The lowest BCUT2D eigenvalue weighted by Gasteiger charge is -2.34. The molecule has 5 nitrogen and oxygen atoms in total. The zero-order chi connectivity index (χ0) is 23.8. The van der Waals surface area contributed by atoms with E-state index >= 15 is 0 Å². The minimum absolute atomic E-state index is 0.236. The second-order valence-electron chi connectivity index (χ2n) is 9.41. The van der Waals surface area contributed by atoms with Crippen LogP contribution in [0.4, 0.5) is 15.3 Å². The van der Waals surface area contributed by atoms with Gasteiger partial charge in [-0.2, -0.15) is 0 Å². The van der Waals surface area contributed by atoms with Gasteiger partial charge >= 0.3 is 0 Å². The molecular weight excluding hydrogens is 445 g/mol. The lowest BCUT2D eigenvalue weighted by molar-refractivity contribution is 0.172. The van der Waals surface area contributed by atoms with E-state index in [-0.39, 0.29) is 5.82 Å². The Morgan fingerprint density at radius 1 is 1.09 bits per heavy atom. The number of aryl methyl sites for hydroxylation is 1. The van der Waals surface area contributed by atoms with Crippen molar-refractivity contribution in [1.29, 1.82) is 0 Å². The fraction of sp³-hybridized carbons (Fsp3) is 0.407. The lowest BCUT2D eigenvalue weighted by atomic mass is 9.90. The van der Waals surface area contributed by atoms with Crippen molar-refractivity contribution in [3.8, 4) is 11.3 Å². The van der Waals surface area contributed by atoms with Gasteiger partial charge < -0.3 is 9.80 Å². The van der Waals surface area contributed by atoms with Crippen LogP contribution in [0.1, 0.15) is 50.8 Å². The Bertz CT molecular complexity index is 1270. The number of fused-ring (bicyclic) bond motifs is 1. The van der Waals surface area contributed by atoms with Crippen LogP contribution < -0.4 is 4.90 Å². The number of hydrogen-bond acceptors (Lipinski definition) is 5. The first kappa shape index (κ1) is 23.0. The molecule has 0 aliphatic carbocycles. The molecular formula is C27H32FN5S. The molecule has 1 aliphatic heterocycles. The van der Waals surface area contributed by atoms with Gasteiger partial charge in [-0.15, -0.1) is 11.3 Å². The molecule has 1 aromatic carbocycles. The predicted molar refractivity (Wildman–Crippen MR) is 139 cm³/mol. The molecule has 3 aromatic heterocycles. The highest BCUT2D eigenvalue weighted by atomic mass is 32.1. The Balaban J connectivity index is 1.46. The summed E-state index contributed by atoms with van der Waals surface area (Å²) >= 11 is 1.59. The highest BCUT2D eigenvalue weighted by molar-refractivity contribution is 7.14. The van der Waals surface area contributed by atoms with Gasteiger partial charge in [-0.05, 0) is 88.0 Å². The third-order valence-electron chi connectivity index (χ3n) is 6.99. The maximum Gasteiger partial charge on any atom is 0.191 e. The molecule has 0 radical (unpaired) electrons. The SMILES string of the molecule is CCc1nc2ccc(C3CCN(C(C)C)CC3)cn2c1N(C)c1nc(-c2ccc(F)cc2)cs1. The lowest BCUT2D eigenvalue weighted by Crippen LogP contribution is -2.37. The third kappa shape index (κ3) is 4.34. The summed E-state index contributed by atoms with van der Waals surface area (Å²) in [4.78, 5) is 14.5. The van der Waals surface area contributed by atoms with Gasteiger partial charge in [-0.3, -0.25) is 4.40 Å². The number of pyridine rings is 1. The number of likely N-dealkylation sites (tertiary alicyclic amines) is 1. The van der Waals surface area contributed by atoms with Gasteiger partial charge in [0.15, 0.2) is 5.13 Å². The summed E-state index contributed by atoms with van der Waals surface area (Å²) in [5.74, 6) is 1.41. The highest BCUT2D eigenvalue weighted by Crippen LogP contribution is 2.35. The van der Waals surface area contributed by atoms with E-state index in [1.807, 2.05) is 5.38 Å². The molecule has 7 heteroatoms. The van der Waals surface area contributed by atoms with E-state index in [4.69, 9.17) is 9.97 Å². The molecule has 1 aliphatic rings. The van der Waals surface area contributed by atoms with Crippen LogP contribution in [0.2, 0.25) is 0 Å². The second-order valence-corrected chi connectivity index (χ2v) is 10.2. The van der Waals surface area contributed by atoms with Crippen molar-refractivity contribution in [2.45, 2.75) is 52.0 Å². The zero-order valence-corrected chi connectivity index (χ0v) is 21.1. The van der Waals surface area contributed by atoms with Crippen LogP contribution in [-0.4, -0.2) is 45.4 Å². The van der Waals surface area contributed by atoms with Crippen molar-refractivity contribution in [1.82, 2.24) is 19.3 Å². The van der Waals surface area contributed by atoms with Crippen LogP contribution in [0, 0.1) is 5.82 Å². The zero-order valence-electron chi connectivity index (χ0n) is 20.3. The molecule has 4 heterocycles. The molecule has 5 rings (SSSR count). The van der Waals surface area contributed by atoms with Gasteiger partial charge in [0.1, 0.15) is 17.3 Å². The van der Waals surface area contributed by atoms with Crippen LogP contribution in [0.15, 0.2) is 48.0 Å². The Morgan fingerprint density at radius 3 is 2.50 bits per heavy atom. The fourth-order valence-electron chi connectivity index (χ4n) is 4.94. The van der Waals surface area contributed by atoms with E-state index in [9.17, 15) is 4.39 Å². The number of thiazole rings is 1. The number of hydrogen-bond donors (Lipinski definition) is 0. The molecule has 178 valence electrons. The van der Waals surface area contributed by atoms with Crippen molar-refractivity contribution >= 4 is 27.9 Å². The number of aromatic nitrogens is 3. The van der Waals surface area contributed by atoms with Gasteiger partial charge in [0, 0.05) is 30.2 Å². The average molecular weight is 478 g/mol. The van der Waals surface area contributed by atoms with Gasteiger partial charge in [-0.1, -0.05) is 13.0 Å². The van der Waals surface area contributed by atoms with Crippen molar-refractivity contribution in [3.63, 3.8) is 0 Å². The number of anilines is 2. The Morgan fingerprint density at radius 2 is 1.82 bits per heavy atom. The van der Waals surface area contributed by atoms with Crippen LogP contribution in [0.5, 0.6) is 0 Å². The fourth-order valence-corrected chi connectivity index (χ4v) is 5.74. The van der Waals surface area contributed by atoms with Gasteiger partial charge in [0.25, 0.3) is 0 Å². The molecule has 34 heavy (non-hydrogen) atoms. The molecule has 0 unspecified atom stereocenters. The molecule has 0 bridgehead atoms. The van der Waals surface area contributed by atoms with Crippen LogP contribution >= 0.6 is 11.3 Å². The van der Waals surface area contributed by atoms with E-state index in [2.05, 4.69) is 60.3 Å². The number of nitrogens with zero attached hydrogens (tertiary/aromatic N) is 5. The van der Waals surface area contributed by atoms with Crippen molar-refractivity contribution < 1.29 is 4.39 Å². The smallest absolute Gasteiger partial charge is 0.191 e. The molecule has 0 saturated carbocycles. The second kappa shape index (κ2) is 9.47. The van der Waals surface area contributed by atoms with Gasteiger partial charge in [0.2, 0.25) is 0 Å². The number of benzene rings is 1. The van der Waals surface area contributed by atoms with E-state index < -0.39 is 0 Å². The van der Waals surface area contributed by atoms with Crippen molar-refractivity contribution in [2.24, 2.45) is 0 Å². The third-order valence-corrected chi connectivity index (χ3v) is 7.91. The molecule has 4 aromatic rings. The largest absolute Gasteiger partial charge is 0.305 e. The summed E-state index contributed by atoms with van der Waals surface area (Å²) in [5.41, 5.74) is 5.19. The molecule has 0 atom stereocenters. The normalized spacial score (nSPS) is 15.5. The summed E-state index contributed by atoms with van der Waals surface area (Å²) < 4.78 is 15.6. The predicted octanol–water partition coefficient (Wildman–Crippen LogP) is 6.52. The topological polar surface area (TPSA) is 36.7 Å². The maximum absolute atomic E-state index is 13.3. The summed E-state index contributed by atoms with van der Waals surface area (Å²) in [6.45, 7) is 9.03. The molecule has 0 amide bonds. The van der Waals surface area contributed by atoms with Crippen molar-refractivity contribution in [3.05, 3.63) is 65.0 Å². The average Bonchev–Trinajstić information content (AvgIpc) is 3.49. The number of imidazole rings is 1. The molecule has 0 spiro atoms. The van der Waals surface area contributed by atoms with E-state index in [1.54, 1.807) is 23.5 Å².